The number of alkyl halides is 3. The number of nitrogens with zero attached hydrogens (tertiary/aromatic N) is 5. The number of hydrogen-bond acceptors (Lipinski definition) is 18. The van der Waals surface area contributed by atoms with Crippen molar-refractivity contribution in [3.05, 3.63) is 437 Å². The van der Waals surface area contributed by atoms with E-state index in [4.69, 9.17) is 40.5 Å². The van der Waals surface area contributed by atoms with Crippen LogP contribution < -0.4 is 4.74 Å². The highest BCUT2D eigenvalue weighted by molar-refractivity contribution is 6.30. The summed E-state index contributed by atoms with van der Waals surface area (Å²) in [5.41, 5.74) is 32.6. The van der Waals surface area contributed by atoms with Crippen molar-refractivity contribution in [1.82, 2.24) is 0 Å². The second-order valence-electron chi connectivity index (χ2n) is 37.0. The number of benzene rings is 15. The van der Waals surface area contributed by atoms with Crippen molar-refractivity contribution in [2.45, 2.75) is 183 Å². The van der Waals surface area contributed by atoms with E-state index in [1.807, 2.05) is 279 Å². The molecular formula is C123H124ClF4N5O13. The molecule has 0 radical (unpaired) electrons. The third-order valence-corrected chi connectivity index (χ3v) is 23.8. The zero-order valence-electron chi connectivity index (χ0n) is 85.7. The second-order valence-corrected chi connectivity index (χ2v) is 37.4. The van der Waals surface area contributed by atoms with Crippen LogP contribution in [0.1, 0.15) is 178 Å². The van der Waals surface area contributed by atoms with E-state index in [0.717, 1.165) is 134 Å². The van der Waals surface area contributed by atoms with Gasteiger partial charge in [-0.3, -0.25) is 4.79 Å². The lowest BCUT2D eigenvalue weighted by atomic mass is 9.94. The fraction of sp³-hybridized carbons (Fsp3) is 0.220. The highest BCUT2D eigenvalue weighted by Crippen LogP contribution is 2.39. The molecule has 18 nitrogen and oxygen atoms in total. The van der Waals surface area contributed by atoms with Gasteiger partial charge in [-0.1, -0.05) is 277 Å². The van der Waals surface area contributed by atoms with Crippen molar-refractivity contribution >= 4 is 46.1 Å². The maximum atomic E-state index is 13.3. The lowest BCUT2D eigenvalue weighted by molar-refractivity contribution is -0.274. The lowest BCUT2D eigenvalue weighted by Gasteiger charge is -2.19. The highest BCUT2D eigenvalue weighted by atomic mass is 35.5. The summed E-state index contributed by atoms with van der Waals surface area (Å²) < 4.78 is 59.9. The number of hydrogen-bond donors (Lipinski definition) is 5. The summed E-state index contributed by atoms with van der Waals surface area (Å²) in [6.45, 7) is 38.1. The van der Waals surface area contributed by atoms with Crippen LogP contribution in [0.15, 0.2) is 329 Å². The van der Waals surface area contributed by atoms with Gasteiger partial charge in [0.2, 0.25) is 0 Å². The number of oxime groups is 5. The molecule has 0 amide bonds. The highest BCUT2D eigenvalue weighted by Gasteiger charge is 2.31. The Morgan fingerprint density at radius 1 is 0.288 bits per heavy atom. The Bertz CT molecular complexity index is 6720. The van der Waals surface area contributed by atoms with Crippen LogP contribution in [0.4, 0.5) is 17.6 Å². The topological polar surface area (TPSA) is 245 Å². The van der Waals surface area contributed by atoms with Crippen molar-refractivity contribution in [2.24, 2.45) is 25.8 Å². The molecule has 0 heterocycles. The summed E-state index contributed by atoms with van der Waals surface area (Å²) in [6, 6.07) is 93.9. The molecule has 0 unspecified atom stereocenters. The SMILES string of the molecule is C/C(=N\OCc1ccc(C)cc1)c1cc(O)c(C)cc1-c1ccc(C)cc1.C/C(=N\OCc1ccc(C)cc1)c1cc(O)c(C)cc1-c1ccc(CC(=O)OC(C)(C)C)cc1.C/C(=N\OCc1ccc(C)cc1)c1cc(O)c(C)cc1-c1ccc(Cl)cc1.C/C(=N\OCc1ccc(C)cc1)c1cc(O)c(C)cc1-c1ccc(F)cc1.C/C(=N\OCc1ccc(C)cc1)c1cc(O)c(C)cc1-c1ccc(OC(F)(F)F)cc1. The van der Waals surface area contributed by atoms with Gasteiger partial charge < -0.3 is 59.2 Å². The average molecular weight is 1990 g/mol. The number of carbonyl (C=O) groups excluding carboxylic acids is 1. The first-order valence-electron chi connectivity index (χ1n) is 47.5. The molecule has 23 heteroatoms. The zero-order chi connectivity index (χ0) is 106. The number of phenols is 5. The molecule has 15 aromatic carbocycles. The second kappa shape index (κ2) is 51.7. The maximum absolute atomic E-state index is 13.3. The molecule has 0 saturated carbocycles. The molecule has 0 saturated heterocycles. The number of esters is 1. The van der Waals surface area contributed by atoms with Crippen LogP contribution in [-0.2, 0) is 73.2 Å². The van der Waals surface area contributed by atoms with Crippen LogP contribution in [0.3, 0.4) is 0 Å². The van der Waals surface area contributed by atoms with Gasteiger partial charge in [0.05, 0.1) is 35.0 Å². The number of ether oxygens (including phenoxy) is 2. The number of aromatic hydroxyl groups is 5. The van der Waals surface area contributed by atoms with E-state index < -0.39 is 12.0 Å². The van der Waals surface area contributed by atoms with Crippen molar-refractivity contribution in [3.63, 3.8) is 0 Å². The van der Waals surface area contributed by atoms with Gasteiger partial charge in [0.1, 0.15) is 78.9 Å². The number of aryl methyl sites for hydroxylation is 11. The standard InChI is InChI=1S/C29H33NO4.C24H22F3NO3.C24H25NO2.C23H22ClNO2.C23H22FNO2/c1-19-7-9-23(10-8-19)18-33-30-21(3)25-17-27(31)20(2)15-26(25)24-13-11-22(12-14-24)16-28(32)34-29(4,5)6;1-15-4-6-18(7-5-15)14-30-28-17(3)21-13-23(29)16(2)12-22(21)19-8-10-20(11-9-19)31-24(25,26)27;1-16-5-9-20(10-6-16)15-27-25-19(4)22-14-24(26)18(3)13-23(22)21-11-7-17(2)8-12-21;2*1-15-4-6-18(7-5-15)14-27-25-17(3)21-13-23(26)16(2)12-22(21)19-8-10-20(24)11-9-19/h7-15,17,31H,16,18H2,1-6H3;4-13,29H,14H2,1-3H3;5-14,26H,15H2,1-4H3;2*4-13,26H,14H2,1-3H3/b30-21+;28-17+;25-19+;2*25-17+. The Hall–Kier alpha value is -16.1. The van der Waals surface area contributed by atoms with E-state index in [1.165, 1.54) is 64.2 Å². The van der Waals surface area contributed by atoms with E-state index in [1.54, 1.807) is 62.4 Å². The summed E-state index contributed by atoms with van der Waals surface area (Å²) in [5, 5.41) is 73.0. The summed E-state index contributed by atoms with van der Waals surface area (Å²) in [6.07, 6.45) is -4.54. The minimum absolute atomic E-state index is 0.0869. The molecule has 0 atom stereocenters. The van der Waals surface area contributed by atoms with Crippen LogP contribution in [-0.4, -0.2) is 72.0 Å². The Morgan fingerprint density at radius 3 is 0.712 bits per heavy atom. The van der Waals surface area contributed by atoms with Gasteiger partial charge in [-0.05, 0) is 345 Å². The third-order valence-electron chi connectivity index (χ3n) is 23.5. The van der Waals surface area contributed by atoms with E-state index in [0.29, 0.717) is 76.6 Å². The van der Waals surface area contributed by atoms with Crippen molar-refractivity contribution in [3.8, 4) is 90.1 Å². The first-order valence-corrected chi connectivity index (χ1v) is 47.9. The summed E-state index contributed by atoms with van der Waals surface area (Å²) >= 11 is 6.01. The molecular weight excluding hydrogens is 1870 g/mol. The van der Waals surface area contributed by atoms with Crippen molar-refractivity contribution in [2.75, 3.05) is 0 Å². The normalized spacial score (nSPS) is 11.7. The molecule has 0 aliphatic heterocycles. The fourth-order valence-electron chi connectivity index (χ4n) is 15.0. The van der Waals surface area contributed by atoms with Gasteiger partial charge in [-0.2, -0.15) is 0 Å². The summed E-state index contributed by atoms with van der Waals surface area (Å²) in [7, 11) is 0. The number of phenolic OH excluding ortho intramolecular Hbond substituents is 5. The molecule has 0 fully saturated rings. The van der Waals surface area contributed by atoms with E-state index in [9.17, 15) is 47.9 Å². The minimum Gasteiger partial charge on any atom is -0.508 e. The van der Waals surface area contributed by atoms with Crippen LogP contribution in [0.5, 0.6) is 34.5 Å². The Kier molecular flexibility index (Phi) is 39.1. The third kappa shape index (κ3) is 33.5. The molecule has 5 N–H and O–H groups in total. The van der Waals surface area contributed by atoms with E-state index >= 15 is 0 Å². The molecule has 0 aromatic heterocycles. The van der Waals surface area contributed by atoms with Crippen LogP contribution >= 0.6 is 11.6 Å². The van der Waals surface area contributed by atoms with E-state index in [2.05, 4.69) is 87.7 Å². The van der Waals surface area contributed by atoms with Gasteiger partial charge >= 0.3 is 12.3 Å². The van der Waals surface area contributed by atoms with Crippen LogP contribution in [0.25, 0.3) is 55.6 Å². The molecule has 146 heavy (non-hydrogen) atoms. The number of rotatable bonds is 28. The molecule has 15 aromatic rings. The van der Waals surface area contributed by atoms with Gasteiger partial charge in [0, 0.05) is 32.8 Å². The monoisotopic (exact) mass is 1990 g/mol. The molecule has 0 aliphatic rings. The predicted molar refractivity (Wildman–Crippen MR) is 578 cm³/mol. The van der Waals surface area contributed by atoms with Crippen LogP contribution in [0.2, 0.25) is 5.02 Å². The summed E-state index contributed by atoms with van der Waals surface area (Å²) in [5.74, 6) is 0.115. The average Bonchev–Trinajstić information content (AvgIpc) is 0.821. The predicted octanol–water partition coefficient (Wildman–Crippen LogP) is 31.0. The number of halogens is 5. The molecule has 15 rings (SSSR count). The first-order chi connectivity index (χ1) is 69.4. The van der Waals surface area contributed by atoms with Gasteiger partial charge in [0.15, 0.2) is 0 Å². The van der Waals surface area contributed by atoms with Gasteiger partial charge in [-0.25, -0.2) is 4.39 Å². The quantitative estimate of drug-likeness (QED) is 0.0133. The minimum atomic E-state index is -4.75. The molecule has 754 valence electrons. The smallest absolute Gasteiger partial charge is 0.508 e. The first kappa shape index (κ1) is 110. The number of carbonyl (C=O) groups is 1. The van der Waals surface area contributed by atoms with Crippen molar-refractivity contribution in [1.29, 1.82) is 0 Å². The van der Waals surface area contributed by atoms with Crippen LogP contribution in [0, 0.1) is 82.0 Å². The summed E-state index contributed by atoms with van der Waals surface area (Å²) in [4.78, 5) is 39.8. The lowest BCUT2D eigenvalue weighted by Crippen LogP contribution is -2.24. The molecule has 0 bridgehead atoms. The molecule has 0 spiro atoms. The Morgan fingerprint density at radius 2 is 0.486 bits per heavy atom. The molecule has 0 aliphatic carbocycles. The Labute approximate surface area is 857 Å². The zero-order valence-corrected chi connectivity index (χ0v) is 86.5. The maximum Gasteiger partial charge on any atom is 0.573 e. The van der Waals surface area contributed by atoms with Gasteiger partial charge in [0.25, 0.3) is 0 Å². The largest absolute Gasteiger partial charge is 0.573 e. The Balaban J connectivity index is 0.000000174. The fourth-order valence-corrected chi connectivity index (χ4v) is 15.2. The van der Waals surface area contributed by atoms with Crippen molar-refractivity contribution < 1.29 is 81.6 Å². The van der Waals surface area contributed by atoms with E-state index in [-0.39, 0.29) is 59.3 Å². The van der Waals surface area contributed by atoms with Gasteiger partial charge in [-0.15, -0.1) is 13.2 Å².